The fourth-order valence-electron chi connectivity index (χ4n) is 2.54. The normalized spacial score (nSPS) is 13.4. The molecule has 1 aromatic heterocycles. The van der Waals surface area contributed by atoms with E-state index in [1.807, 2.05) is 7.05 Å². The third-order valence-electron chi connectivity index (χ3n) is 4.51. The Morgan fingerprint density at radius 3 is 2.19 bits per heavy atom. The fourth-order valence-corrected chi connectivity index (χ4v) is 2.54. The van der Waals surface area contributed by atoms with Gasteiger partial charge in [0, 0.05) is 6.42 Å². The van der Waals surface area contributed by atoms with Gasteiger partial charge in [-0.1, -0.05) is 52.0 Å². The van der Waals surface area contributed by atoms with Gasteiger partial charge in [-0.05, 0) is 42.1 Å². The smallest absolute Gasteiger partial charge is 0.125 e. The summed E-state index contributed by atoms with van der Waals surface area (Å²) >= 11 is 0. The monoisotopic (exact) mass is 285 g/mol. The van der Waals surface area contributed by atoms with Crippen LogP contribution < -0.4 is 5.32 Å². The summed E-state index contributed by atoms with van der Waals surface area (Å²) in [7, 11) is 1.97. The Hall–Kier alpha value is -1.54. The van der Waals surface area contributed by atoms with E-state index >= 15 is 0 Å². The number of hydrogen-bond acceptors (Lipinski definition) is 2. The third-order valence-corrected chi connectivity index (χ3v) is 4.51. The minimum Gasteiger partial charge on any atom is -0.464 e. The Balaban J connectivity index is 2.27. The quantitative estimate of drug-likeness (QED) is 0.821. The first kappa shape index (κ1) is 15.8. The predicted octanol–water partition coefficient (Wildman–Crippen LogP) is 4.84. The van der Waals surface area contributed by atoms with Gasteiger partial charge in [0.25, 0.3) is 0 Å². The molecule has 2 nitrogen and oxygen atoms in total. The maximum absolute atomic E-state index is 5.90. The number of nitrogens with one attached hydrogen (secondary N) is 1. The zero-order chi connectivity index (χ0) is 15.5. The van der Waals surface area contributed by atoms with E-state index in [2.05, 4.69) is 69.4 Å². The average Bonchev–Trinajstić information content (AvgIpc) is 2.97. The van der Waals surface area contributed by atoms with Gasteiger partial charge in [0.2, 0.25) is 0 Å². The first-order valence-electron chi connectivity index (χ1n) is 7.88. The molecule has 0 aliphatic carbocycles. The minimum atomic E-state index is 0.115. The molecule has 114 valence electrons. The second kappa shape index (κ2) is 6.48. The highest BCUT2D eigenvalue weighted by molar-refractivity contribution is 5.33. The van der Waals surface area contributed by atoms with E-state index in [1.54, 1.807) is 0 Å². The maximum Gasteiger partial charge on any atom is 0.125 e. The Labute approximate surface area is 128 Å². The van der Waals surface area contributed by atoms with Gasteiger partial charge in [-0.25, -0.2) is 0 Å². The topological polar surface area (TPSA) is 25.2 Å². The summed E-state index contributed by atoms with van der Waals surface area (Å²) in [4.78, 5) is 0. The van der Waals surface area contributed by atoms with Crippen molar-refractivity contribution in [2.24, 2.45) is 0 Å². The molecule has 1 atom stereocenters. The van der Waals surface area contributed by atoms with Gasteiger partial charge < -0.3 is 9.73 Å². The zero-order valence-corrected chi connectivity index (χ0v) is 13.9. The van der Waals surface area contributed by atoms with Crippen LogP contribution in [0.4, 0.5) is 0 Å². The summed E-state index contributed by atoms with van der Waals surface area (Å²) in [5.41, 5.74) is 2.86. The molecule has 0 fully saturated rings. The summed E-state index contributed by atoms with van der Waals surface area (Å²) in [6.07, 6.45) is 2.07. The average molecular weight is 285 g/mol. The van der Waals surface area contributed by atoms with E-state index in [9.17, 15) is 0 Å². The summed E-state index contributed by atoms with van der Waals surface area (Å²) in [5, 5.41) is 3.35. The van der Waals surface area contributed by atoms with Crippen molar-refractivity contribution in [2.45, 2.75) is 52.0 Å². The molecule has 0 bridgehead atoms. The molecule has 0 saturated carbocycles. The van der Waals surface area contributed by atoms with Crippen LogP contribution in [0.5, 0.6) is 0 Å². The van der Waals surface area contributed by atoms with E-state index in [-0.39, 0.29) is 11.5 Å². The van der Waals surface area contributed by atoms with Crippen LogP contribution in [0, 0.1) is 0 Å². The Morgan fingerprint density at radius 1 is 1.05 bits per heavy atom. The molecule has 2 heteroatoms. The number of furan rings is 1. The molecule has 21 heavy (non-hydrogen) atoms. The minimum absolute atomic E-state index is 0.115. The SMILES string of the molecule is CCc1ccc(C(NC)c2ccc(C(C)(C)CC)cc2)o1. The largest absolute Gasteiger partial charge is 0.464 e. The van der Waals surface area contributed by atoms with Gasteiger partial charge in [0.1, 0.15) is 11.5 Å². The van der Waals surface area contributed by atoms with E-state index in [0.29, 0.717) is 0 Å². The van der Waals surface area contributed by atoms with Crippen LogP contribution in [0.2, 0.25) is 0 Å². The van der Waals surface area contributed by atoms with Gasteiger partial charge in [-0.15, -0.1) is 0 Å². The molecule has 1 N–H and O–H groups in total. The molecule has 2 aromatic rings. The van der Waals surface area contributed by atoms with Gasteiger partial charge in [-0.3, -0.25) is 0 Å². The lowest BCUT2D eigenvalue weighted by molar-refractivity contribution is 0.433. The molecule has 0 aliphatic rings. The highest BCUT2D eigenvalue weighted by Crippen LogP contribution is 2.29. The molecule has 1 aromatic carbocycles. The van der Waals surface area contributed by atoms with Crippen LogP contribution in [0.25, 0.3) is 0 Å². The third kappa shape index (κ3) is 3.38. The lowest BCUT2D eigenvalue weighted by Crippen LogP contribution is -2.18. The predicted molar refractivity (Wildman–Crippen MR) is 88.7 cm³/mol. The lowest BCUT2D eigenvalue weighted by atomic mass is 9.82. The van der Waals surface area contributed by atoms with Crippen molar-refractivity contribution < 1.29 is 4.42 Å². The fraction of sp³-hybridized carbons (Fsp3) is 0.474. The lowest BCUT2D eigenvalue weighted by Gasteiger charge is -2.24. The van der Waals surface area contributed by atoms with Crippen molar-refractivity contribution in [1.29, 1.82) is 0 Å². The molecule has 0 spiro atoms. The summed E-state index contributed by atoms with van der Waals surface area (Å²) in [5.74, 6) is 2.02. The van der Waals surface area contributed by atoms with Crippen molar-refractivity contribution in [3.05, 3.63) is 59.0 Å². The molecular formula is C19H27NO. The van der Waals surface area contributed by atoms with Crippen molar-refractivity contribution in [3.8, 4) is 0 Å². The van der Waals surface area contributed by atoms with E-state index in [1.165, 1.54) is 11.1 Å². The second-order valence-corrected chi connectivity index (χ2v) is 6.24. The summed E-state index contributed by atoms with van der Waals surface area (Å²) in [6, 6.07) is 13.2. The van der Waals surface area contributed by atoms with Crippen molar-refractivity contribution in [1.82, 2.24) is 5.32 Å². The van der Waals surface area contributed by atoms with Crippen LogP contribution in [0.1, 0.15) is 62.8 Å². The first-order valence-corrected chi connectivity index (χ1v) is 7.88. The first-order chi connectivity index (χ1) is 10.0. The maximum atomic E-state index is 5.90. The molecule has 1 heterocycles. The molecular weight excluding hydrogens is 258 g/mol. The van der Waals surface area contributed by atoms with Gasteiger partial charge in [0.05, 0.1) is 6.04 Å². The van der Waals surface area contributed by atoms with Crippen molar-refractivity contribution >= 4 is 0 Å². The van der Waals surface area contributed by atoms with Crippen molar-refractivity contribution in [3.63, 3.8) is 0 Å². The molecule has 0 radical (unpaired) electrons. The van der Waals surface area contributed by atoms with Crippen LogP contribution in [0.15, 0.2) is 40.8 Å². The van der Waals surface area contributed by atoms with Crippen molar-refractivity contribution in [2.75, 3.05) is 7.05 Å². The van der Waals surface area contributed by atoms with E-state index in [0.717, 1.165) is 24.4 Å². The molecule has 0 amide bonds. The molecule has 1 unspecified atom stereocenters. The molecule has 2 rings (SSSR count). The Morgan fingerprint density at radius 2 is 1.71 bits per heavy atom. The van der Waals surface area contributed by atoms with Gasteiger partial charge >= 0.3 is 0 Å². The van der Waals surface area contributed by atoms with Crippen LogP contribution in [-0.2, 0) is 11.8 Å². The number of aryl methyl sites for hydroxylation is 1. The van der Waals surface area contributed by atoms with Gasteiger partial charge in [-0.2, -0.15) is 0 Å². The summed E-state index contributed by atoms with van der Waals surface area (Å²) in [6.45, 7) is 8.92. The second-order valence-electron chi connectivity index (χ2n) is 6.24. The number of hydrogen-bond donors (Lipinski definition) is 1. The Kier molecular flexibility index (Phi) is 4.89. The van der Waals surface area contributed by atoms with Crippen LogP contribution in [-0.4, -0.2) is 7.05 Å². The highest BCUT2D eigenvalue weighted by atomic mass is 16.3. The molecule has 0 saturated heterocycles. The van der Waals surface area contributed by atoms with Crippen LogP contribution in [0.3, 0.4) is 0 Å². The molecule has 0 aliphatic heterocycles. The highest BCUT2D eigenvalue weighted by Gasteiger charge is 2.20. The van der Waals surface area contributed by atoms with E-state index in [4.69, 9.17) is 4.42 Å². The standard InChI is InChI=1S/C19H27NO/c1-6-16-12-13-17(21-16)18(20-5)14-8-10-15(11-9-14)19(3,4)7-2/h8-13,18,20H,6-7H2,1-5H3. The van der Waals surface area contributed by atoms with Gasteiger partial charge in [0.15, 0.2) is 0 Å². The van der Waals surface area contributed by atoms with E-state index < -0.39 is 0 Å². The zero-order valence-electron chi connectivity index (χ0n) is 13.9. The summed E-state index contributed by atoms with van der Waals surface area (Å²) < 4.78 is 5.90. The Bertz CT molecular complexity index is 566. The number of rotatable bonds is 6. The number of benzene rings is 1. The van der Waals surface area contributed by atoms with Crippen LogP contribution >= 0.6 is 0 Å².